The maximum atomic E-state index is 13.0. The van der Waals surface area contributed by atoms with Crippen LogP contribution in [0.25, 0.3) is 11.3 Å². The molecule has 2 aromatic heterocycles. The zero-order valence-electron chi connectivity index (χ0n) is 21.1. The van der Waals surface area contributed by atoms with Crippen LogP contribution in [0.4, 0.5) is 11.4 Å². The number of fused-ring (bicyclic) bond motifs is 1. The Labute approximate surface area is 216 Å². The summed E-state index contributed by atoms with van der Waals surface area (Å²) in [6.45, 7) is 3.21. The second-order valence-electron chi connectivity index (χ2n) is 9.37. The number of carbonyl (C=O) groups is 1. The largest absolute Gasteiger partial charge is 0.494 e. The van der Waals surface area contributed by atoms with Crippen LogP contribution in [-0.2, 0) is 16.4 Å². The van der Waals surface area contributed by atoms with Crippen molar-refractivity contribution in [3.63, 3.8) is 0 Å². The minimum atomic E-state index is -3.31. The fourth-order valence-electron chi connectivity index (χ4n) is 5.16. The normalized spacial score (nSPS) is 17.8. The van der Waals surface area contributed by atoms with Crippen LogP contribution in [0.5, 0.6) is 11.5 Å². The molecule has 2 aliphatic rings. The number of ether oxygens (including phenoxy) is 2. The number of pyridine rings is 1. The summed E-state index contributed by atoms with van der Waals surface area (Å²) in [6, 6.07) is 7.38. The summed E-state index contributed by atoms with van der Waals surface area (Å²) in [5, 5.41) is 6.37. The van der Waals surface area contributed by atoms with Crippen molar-refractivity contribution in [1.82, 2.24) is 19.6 Å². The Balaban J connectivity index is 1.54. The number of hydrogen-bond donors (Lipinski definition) is 3. The lowest BCUT2D eigenvalue weighted by Crippen LogP contribution is -2.38. The zero-order chi connectivity index (χ0) is 26.2. The molecule has 1 atom stereocenters. The Morgan fingerprint density at radius 2 is 2.11 bits per heavy atom. The van der Waals surface area contributed by atoms with Gasteiger partial charge in [0.15, 0.2) is 0 Å². The number of aromatic amines is 1. The quantitative estimate of drug-likeness (QED) is 0.412. The SMILES string of the molecule is COc1c(C)cccc1Nc1c(-c2ccncc2OC[C@@H]2CCCN2S(C)(=O)=O)[nH]c2c1C(=O)NCC2. The van der Waals surface area contributed by atoms with E-state index in [1.54, 1.807) is 19.5 Å². The molecule has 1 fully saturated rings. The zero-order valence-corrected chi connectivity index (χ0v) is 21.9. The Morgan fingerprint density at radius 1 is 1.27 bits per heavy atom. The number of carbonyl (C=O) groups excluding carboxylic acids is 1. The monoisotopic (exact) mass is 525 g/mol. The third-order valence-corrected chi connectivity index (χ3v) is 8.21. The van der Waals surface area contributed by atoms with Crippen molar-refractivity contribution in [3.05, 3.63) is 53.5 Å². The molecule has 0 bridgehead atoms. The number of aromatic nitrogens is 2. The topological polar surface area (TPSA) is 126 Å². The predicted octanol–water partition coefficient (Wildman–Crippen LogP) is 3.23. The molecule has 3 N–H and O–H groups in total. The van der Waals surface area contributed by atoms with Crippen molar-refractivity contribution in [2.45, 2.75) is 32.2 Å². The average Bonchev–Trinajstić information content (AvgIpc) is 3.49. The molecule has 5 rings (SSSR count). The minimum Gasteiger partial charge on any atom is -0.494 e. The van der Waals surface area contributed by atoms with Gasteiger partial charge in [0, 0.05) is 37.0 Å². The van der Waals surface area contributed by atoms with Crippen molar-refractivity contribution >= 4 is 27.3 Å². The second kappa shape index (κ2) is 10.1. The molecule has 37 heavy (non-hydrogen) atoms. The van der Waals surface area contributed by atoms with E-state index in [9.17, 15) is 13.2 Å². The molecule has 0 unspecified atom stereocenters. The van der Waals surface area contributed by atoms with Crippen LogP contribution in [0.1, 0.15) is 34.5 Å². The lowest BCUT2D eigenvalue weighted by molar-refractivity contribution is 0.0947. The minimum absolute atomic E-state index is 0.163. The highest BCUT2D eigenvalue weighted by Crippen LogP contribution is 2.42. The highest BCUT2D eigenvalue weighted by Gasteiger charge is 2.33. The van der Waals surface area contributed by atoms with Crippen LogP contribution in [0.15, 0.2) is 36.7 Å². The van der Waals surface area contributed by atoms with Gasteiger partial charge in [0.1, 0.15) is 18.1 Å². The Kier molecular flexibility index (Phi) is 6.82. The summed E-state index contributed by atoms with van der Waals surface area (Å²) in [6.07, 6.45) is 6.70. The predicted molar refractivity (Wildman–Crippen MR) is 141 cm³/mol. The first kappa shape index (κ1) is 25.1. The Morgan fingerprint density at radius 3 is 2.89 bits per heavy atom. The van der Waals surface area contributed by atoms with E-state index >= 15 is 0 Å². The van der Waals surface area contributed by atoms with Crippen LogP contribution in [0, 0.1) is 6.92 Å². The number of rotatable bonds is 8. The van der Waals surface area contributed by atoms with Gasteiger partial charge in [-0.15, -0.1) is 0 Å². The fraction of sp³-hybridized carbons (Fsp3) is 0.385. The molecule has 4 heterocycles. The van der Waals surface area contributed by atoms with Crippen LogP contribution < -0.4 is 20.1 Å². The van der Waals surface area contributed by atoms with Crippen LogP contribution in [0.2, 0.25) is 0 Å². The maximum absolute atomic E-state index is 13.0. The molecule has 0 saturated carbocycles. The molecular formula is C26H31N5O5S. The highest BCUT2D eigenvalue weighted by molar-refractivity contribution is 7.88. The van der Waals surface area contributed by atoms with Gasteiger partial charge in [-0.3, -0.25) is 9.78 Å². The molecule has 1 amide bonds. The molecule has 10 nitrogen and oxygen atoms in total. The van der Waals surface area contributed by atoms with Crippen LogP contribution in [-0.4, -0.2) is 67.7 Å². The third kappa shape index (κ3) is 4.88. The number of H-pyrrole nitrogens is 1. The van der Waals surface area contributed by atoms with E-state index in [4.69, 9.17) is 9.47 Å². The number of para-hydroxylation sites is 1. The molecule has 1 saturated heterocycles. The number of nitrogens with zero attached hydrogens (tertiary/aromatic N) is 2. The summed E-state index contributed by atoms with van der Waals surface area (Å²) >= 11 is 0. The van der Waals surface area contributed by atoms with Crippen molar-refractivity contribution in [1.29, 1.82) is 0 Å². The van der Waals surface area contributed by atoms with Gasteiger partial charge < -0.3 is 25.1 Å². The van der Waals surface area contributed by atoms with Crippen LogP contribution in [0.3, 0.4) is 0 Å². The first-order valence-corrected chi connectivity index (χ1v) is 14.1. The first-order valence-electron chi connectivity index (χ1n) is 12.3. The molecule has 2 aliphatic heterocycles. The smallest absolute Gasteiger partial charge is 0.255 e. The number of benzene rings is 1. The molecule has 0 spiro atoms. The van der Waals surface area contributed by atoms with E-state index in [1.165, 1.54) is 10.6 Å². The average molecular weight is 526 g/mol. The van der Waals surface area contributed by atoms with E-state index in [1.807, 2.05) is 31.2 Å². The third-order valence-electron chi connectivity index (χ3n) is 6.88. The van der Waals surface area contributed by atoms with Crippen molar-refractivity contribution in [2.24, 2.45) is 0 Å². The highest BCUT2D eigenvalue weighted by atomic mass is 32.2. The first-order chi connectivity index (χ1) is 17.8. The van der Waals surface area contributed by atoms with Crippen molar-refractivity contribution in [2.75, 3.05) is 38.4 Å². The lowest BCUT2D eigenvalue weighted by atomic mass is 10.0. The Bertz CT molecular complexity index is 1440. The van der Waals surface area contributed by atoms with E-state index in [0.29, 0.717) is 48.0 Å². The molecule has 0 aliphatic carbocycles. The number of hydrogen-bond acceptors (Lipinski definition) is 7. The standard InChI is InChI=1S/C26H31N5O5S/c1-16-6-4-8-20(25(16)35-2)30-24-22-19(10-12-28-26(22)32)29-23(24)18-9-11-27-14-21(18)36-15-17-7-5-13-31(17)37(3,33)34/h4,6,8-9,11,14,17,29-30H,5,7,10,12-13,15H2,1-3H3,(H,28,32)/t17-/m0/s1. The number of nitrogens with one attached hydrogen (secondary N) is 3. The number of methoxy groups -OCH3 is 1. The van der Waals surface area contributed by atoms with Gasteiger partial charge >= 0.3 is 0 Å². The van der Waals surface area contributed by atoms with E-state index in [0.717, 1.165) is 35.3 Å². The van der Waals surface area contributed by atoms with Gasteiger partial charge in [0.2, 0.25) is 10.0 Å². The maximum Gasteiger partial charge on any atom is 0.255 e. The molecule has 0 radical (unpaired) electrons. The van der Waals surface area contributed by atoms with Gasteiger partial charge in [-0.25, -0.2) is 8.42 Å². The summed E-state index contributed by atoms with van der Waals surface area (Å²) in [5.41, 5.74) is 5.09. The number of amides is 1. The molecule has 196 valence electrons. The molecular weight excluding hydrogens is 494 g/mol. The van der Waals surface area contributed by atoms with Gasteiger partial charge in [-0.05, 0) is 37.5 Å². The van der Waals surface area contributed by atoms with E-state index < -0.39 is 10.0 Å². The summed E-state index contributed by atoms with van der Waals surface area (Å²) < 4.78 is 37.7. The van der Waals surface area contributed by atoms with Crippen LogP contribution >= 0.6 is 0 Å². The molecule has 11 heteroatoms. The lowest BCUT2D eigenvalue weighted by Gasteiger charge is -2.23. The number of sulfonamides is 1. The van der Waals surface area contributed by atoms with Gasteiger partial charge in [0.25, 0.3) is 5.91 Å². The van der Waals surface area contributed by atoms with Gasteiger partial charge in [0.05, 0.1) is 48.2 Å². The Hall–Kier alpha value is -3.57. The van der Waals surface area contributed by atoms with Crippen molar-refractivity contribution < 1.29 is 22.7 Å². The fourth-order valence-corrected chi connectivity index (χ4v) is 6.33. The summed E-state index contributed by atoms with van der Waals surface area (Å²) in [5.74, 6) is 1.03. The van der Waals surface area contributed by atoms with E-state index in [2.05, 4.69) is 20.6 Å². The summed E-state index contributed by atoms with van der Waals surface area (Å²) in [7, 11) is -1.70. The van der Waals surface area contributed by atoms with E-state index in [-0.39, 0.29) is 18.6 Å². The number of aryl methyl sites for hydroxylation is 1. The van der Waals surface area contributed by atoms with Crippen molar-refractivity contribution in [3.8, 4) is 22.8 Å². The molecule has 3 aromatic rings. The molecule has 1 aromatic carbocycles. The van der Waals surface area contributed by atoms with Gasteiger partial charge in [-0.2, -0.15) is 4.31 Å². The van der Waals surface area contributed by atoms with Gasteiger partial charge in [-0.1, -0.05) is 12.1 Å². The second-order valence-corrected chi connectivity index (χ2v) is 11.3. The summed E-state index contributed by atoms with van der Waals surface area (Å²) in [4.78, 5) is 20.7. The number of anilines is 2.